The van der Waals surface area contributed by atoms with Gasteiger partial charge in [0.05, 0.1) is 12.1 Å². The van der Waals surface area contributed by atoms with E-state index in [0.717, 1.165) is 11.3 Å². The van der Waals surface area contributed by atoms with Crippen molar-refractivity contribution in [2.75, 3.05) is 12.0 Å². The van der Waals surface area contributed by atoms with Gasteiger partial charge in [0.15, 0.2) is 0 Å². The molecule has 2 atom stereocenters. The van der Waals surface area contributed by atoms with Crippen LogP contribution in [0.3, 0.4) is 0 Å². The average molecular weight is 252 g/mol. The quantitative estimate of drug-likeness (QED) is 0.813. The molecule has 0 aliphatic carbocycles. The Labute approximate surface area is 107 Å². The molecule has 17 heavy (non-hydrogen) atoms. The van der Waals surface area contributed by atoms with Crippen molar-refractivity contribution in [3.63, 3.8) is 0 Å². The predicted octanol–water partition coefficient (Wildman–Crippen LogP) is 1.94. The second-order valence-corrected chi connectivity index (χ2v) is 5.01. The van der Waals surface area contributed by atoms with Gasteiger partial charge in [-0.2, -0.15) is 11.8 Å². The van der Waals surface area contributed by atoms with E-state index < -0.39 is 6.04 Å². The summed E-state index contributed by atoms with van der Waals surface area (Å²) in [4.78, 5) is 11.8. The van der Waals surface area contributed by atoms with Crippen molar-refractivity contribution in [2.45, 2.75) is 25.4 Å². The highest BCUT2D eigenvalue weighted by molar-refractivity contribution is 7.98. The Morgan fingerprint density at radius 1 is 1.41 bits per heavy atom. The van der Waals surface area contributed by atoms with Crippen LogP contribution in [0.25, 0.3) is 0 Å². The molecule has 0 aliphatic rings. The van der Waals surface area contributed by atoms with E-state index in [-0.39, 0.29) is 11.9 Å². The number of nitrogens with one attached hydrogen (secondary N) is 1. The number of hydrogen-bond donors (Lipinski definition) is 2. The molecule has 0 aromatic heterocycles. The third-order valence-corrected chi connectivity index (χ3v) is 3.27. The lowest BCUT2D eigenvalue weighted by Gasteiger charge is -2.17. The SMILES string of the molecule is CSCC[C@@H](N)C(=O)N[C@H](C)c1ccccc1. The standard InChI is InChI=1S/C13H20N2OS/c1-10(11-6-4-3-5-7-11)15-13(16)12(14)8-9-17-2/h3-7,10,12H,8-9,14H2,1-2H3,(H,15,16)/t10-,12-/m1/s1. The van der Waals surface area contributed by atoms with E-state index in [9.17, 15) is 4.79 Å². The Balaban J connectivity index is 2.46. The van der Waals surface area contributed by atoms with Crippen LogP contribution >= 0.6 is 11.8 Å². The molecular formula is C13H20N2OS. The van der Waals surface area contributed by atoms with E-state index in [2.05, 4.69) is 5.32 Å². The zero-order chi connectivity index (χ0) is 12.7. The van der Waals surface area contributed by atoms with Crippen LogP contribution in [0, 0.1) is 0 Å². The third-order valence-electron chi connectivity index (χ3n) is 2.63. The van der Waals surface area contributed by atoms with Crippen LogP contribution in [0.2, 0.25) is 0 Å². The second kappa shape index (κ2) is 7.35. The molecule has 0 saturated heterocycles. The summed E-state index contributed by atoms with van der Waals surface area (Å²) in [7, 11) is 0. The van der Waals surface area contributed by atoms with Crippen molar-refractivity contribution in [1.82, 2.24) is 5.32 Å². The van der Waals surface area contributed by atoms with Gasteiger partial charge in [-0.1, -0.05) is 30.3 Å². The van der Waals surface area contributed by atoms with Crippen molar-refractivity contribution in [2.24, 2.45) is 5.73 Å². The van der Waals surface area contributed by atoms with E-state index in [4.69, 9.17) is 5.73 Å². The maximum absolute atomic E-state index is 11.8. The van der Waals surface area contributed by atoms with Gasteiger partial charge in [0, 0.05) is 0 Å². The van der Waals surface area contributed by atoms with Crippen LogP contribution in [-0.2, 0) is 4.79 Å². The fourth-order valence-corrected chi connectivity index (χ4v) is 2.01. The lowest BCUT2D eigenvalue weighted by atomic mass is 10.1. The monoisotopic (exact) mass is 252 g/mol. The molecule has 1 rings (SSSR count). The van der Waals surface area contributed by atoms with E-state index in [1.165, 1.54) is 0 Å². The summed E-state index contributed by atoms with van der Waals surface area (Å²) in [6, 6.07) is 9.48. The molecule has 0 spiro atoms. The zero-order valence-corrected chi connectivity index (χ0v) is 11.2. The van der Waals surface area contributed by atoms with E-state index >= 15 is 0 Å². The largest absolute Gasteiger partial charge is 0.348 e. The second-order valence-electron chi connectivity index (χ2n) is 4.03. The first-order valence-corrected chi connectivity index (χ1v) is 7.14. The van der Waals surface area contributed by atoms with Gasteiger partial charge in [-0.05, 0) is 30.9 Å². The number of carbonyl (C=O) groups is 1. The van der Waals surface area contributed by atoms with Crippen LogP contribution in [0.15, 0.2) is 30.3 Å². The molecular weight excluding hydrogens is 232 g/mol. The van der Waals surface area contributed by atoms with Crippen LogP contribution < -0.4 is 11.1 Å². The van der Waals surface area contributed by atoms with Gasteiger partial charge in [-0.3, -0.25) is 4.79 Å². The van der Waals surface area contributed by atoms with Gasteiger partial charge in [0.2, 0.25) is 5.91 Å². The van der Waals surface area contributed by atoms with Crippen molar-refractivity contribution >= 4 is 17.7 Å². The molecule has 0 bridgehead atoms. The number of amides is 1. The van der Waals surface area contributed by atoms with E-state index in [1.54, 1.807) is 11.8 Å². The first kappa shape index (κ1) is 14.1. The van der Waals surface area contributed by atoms with Gasteiger partial charge in [-0.15, -0.1) is 0 Å². The maximum Gasteiger partial charge on any atom is 0.237 e. The van der Waals surface area contributed by atoms with Crippen molar-refractivity contribution in [1.29, 1.82) is 0 Å². The molecule has 4 heteroatoms. The number of benzene rings is 1. The highest BCUT2D eigenvalue weighted by Gasteiger charge is 2.15. The molecule has 1 aromatic carbocycles. The van der Waals surface area contributed by atoms with Crippen LogP contribution in [0.1, 0.15) is 24.9 Å². The molecule has 0 heterocycles. The molecule has 94 valence electrons. The van der Waals surface area contributed by atoms with Crippen molar-refractivity contribution in [3.8, 4) is 0 Å². The normalized spacial score (nSPS) is 14.1. The van der Waals surface area contributed by atoms with Gasteiger partial charge in [0.25, 0.3) is 0 Å². The maximum atomic E-state index is 11.8. The third kappa shape index (κ3) is 4.79. The molecule has 0 aliphatic heterocycles. The van der Waals surface area contributed by atoms with Gasteiger partial charge < -0.3 is 11.1 Å². The summed E-state index contributed by atoms with van der Waals surface area (Å²) < 4.78 is 0. The Kier molecular flexibility index (Phi) is 6.08. The summed E-state index contributed by atoms with van der Waals surface area (Å²) in [5, 5.41) is 2.93. The molecule has 3 N–H and O–H groups in total. The van der Waals surface area contributed by atoms with Gasteiger partial charge in [0.1, 0.15) is 0 Å². The summed E-state index contributed by atoms with van der Waals surface area (Å²) in [6.45, 7) is 1.97. The Morgan fingerprint density at radius 3 is 2.65 bits per heavy atom. The molecule has 0 saturated carbocycles. The summed E-state index contributed by atoms with van der Waals surface area (Å²) >= 11 is 1.70. The van der Waals surface area contributed by atoms with Gasteiger partial charge >= 0.3 is 0 Å². The minimum atomic E-state index is -0.409. The first-order valence-electron chi connectivity index (χ1n) is 5.75. The zero-order valence-electron chi connectivity index (χ0n) is 10.3. The minimum absolute atomic E-state index is 0.00373. The lowest BCUT2D eigenvalue weighted by Crippen LogP contribution is -2.41. The summed E-state index contributed by atoms with van der Waals surface area (Å²) in [5.41, 5.74) is 6.90. The number of nitrogens with two attached hydrogens (primary N) is 1. The highest BCUT2D eigenvalue weighted by atomic mass is 32.2. The minimum Gasteiger partial charge on any atom is -0.348 e. The first-order chi connectivity index (χ1) is 8.15. The Hall–Kier alpha value is -1.00. The van der Waals surface area contributed by atoms with Crippen LogP contribution in [-0.4, -0.2) is 24.0 Å². The molecule has 3 nitrogen and oxygen atoms in total. The smallest absolute Gasteiger partial charge is 0.237 e. The predicted molar refractivity (Wildman–Crippen MR) is 74.0 cm³/mol. The molecule has 1 aromatic rings. The average Bonchev–Trinajstić information content (AvgIpc) is 2.36. The molecule has 0 radical (unpaired) electrons. The topological polar surface area (TPSA) is 55.1 Å². The number of thioether (sulfide) groups is 1. The Morgan fingerprint density at radius 2 is 2.06 bits per heavy atom. The van der Waals surface area contributed by atoms with E-state index in [0.29, 0.717) is 6.42 Å². The number of carbonyl (C=O) groups excluding carboxylic acids is 1. The summed E-state index contributed by atoms with van der Waals surface area (Å²) in [5.74, 6) is 0.837. The summed E-state index contributed by atoms with van der Waals surface area (Å²) in [6.07, 6.45) is 2.73. The molecule has 0 unspecified atom stereocenters. The molecule has 1 amide bonds. The molecule has 0 fully saturated rings. The van der Waals surface area contributed by atoms with Gasteiger partial charge in [-0.25, -0.2) is 0 Å². The number of hydrogen-bond acceptors (Lipinski definition) is 3. The Bertz CT molecular complexity index is 343. The highest BCUT2D eigenvalue weighted by Crippen LogP contribution is 2.11. The lowest BCUT2D eigenvalue weighted by molar-refractivity contribution is -0.123. The fourth-order valence-electron chi connectivity index (χ4n) is 1.52. The van der Waals surface area contributed by atoms with Crippen molar-refractivity contribution in [3.05, 3.63) is 35.9 Å². The van der Waals surface area contributed by atoms with Crippen LogP contribution in [0.5, 0.6) is 0 Å². The van der Waals surface area contributed by atoms with E-state index in [1.807, 2.05) is 43.5 Å². The van der Waals surface area contributed by atoms with Crippen LogP contribution in [0.4, 0.5) is 0 Å². The van der Waals surface area contributed by atoms with Crippen molar-refractivity contribution < 1.29 is 4.79 Å². The number of rotatable bonds is 6. The fraction of sp³-hybridized carbons (Fsp3) is 0.462.